The molecule has 1 aromatic heterocycles. The van der Waals surface area contributed by atoms with E-state index < -0.39 is 0 Å². The Kier molecular flexibility index (Phi) is 28.3. The standard InChI is InChI=1S/C40H78N2/c1-5-8-11-14-16-18-19-20-21-22-23-24-26-29-32-35-39(34-31-27-13-10-7-3)40-41-36-37-42(40)38(4)33-30-28-25-17-15-12-9-6-2/h36-39H,5-35H2,1-4H3/p+1. The molecule has 1 N–H and O–H groups in total. The first-order valence-corrected chi connectivity index (χ1v) is 19.8. The van der Waals surface area contributed by atoms with Crippen LogP contribution in [0.4, 0.5) is 0 Å². The number of imidazole rings is 1. The fourth-order valence-electron chi connectivity index (χ4n) is 6.96. The van der Waals surface area contributed by atoms with Crippen molar-refractivity contribution >= 4 is 0 Å². The molecular weight excluding hydrogens is 508 g/mol. The van der Waals surface area contributed by atoms with Crippen LogP contribution < -0.4 is 4.57 Å². The number of hydrogen-bond acceptors (Lipinski definition) is 0. The Hall–Kier alpha value is -0.790. The van der Waals surface area contributed by atoms with Crippen molar-refractivity contribution in [2.75, 3.05) is 0 Å². The maximum Gasteiger partial charge on any atom is 0.257 e. The highest BCUT2D eigenvalue weighted by molar-refractivity contribution is 4.90. The second-order valence-corrected chi connectivity index (χ2v) is 14.0. The van der Waals surface area contributed by atoms with Crippen LogP contribution in [0, 0.1) is 0 Å². The van der Waals surface area contributed by atoms with Crippen LogP contribution in [0.25, 0.3) is 0 Å². The van der Waals surface area contributed by atoms with E-state index in [2.05, 4.69) is 49.6 Å². The van der Waals surface area contributed by atoms with E-state index in [1.54, 1.807) is 0 Å². The van der Waals surface area contributed by atoms with Crippen LogP contribution in [0.5, 0.6) is 0 Å². The minimum Gasteiger partial charge on any atom is -0.247 e. The zero-order chi connectivity index (χ0) is 30.4. The minimum atomic E-state index is 0.620. The van der Waals surface area contributed by atoms with Gasteiger partial charge >= 0.3 is 0 Å². The Morgan fingerprint density at radius 2 is 0.762 bits per heavy atom. The van der Waals surface area contributed by atoms with Crippen LogP contribution in [-0.4, -0.2) is 4.98 Å². The second kappa shape index (κ2) is 30.2. The minimum absolute atomic E-state index is 0.620. The molecule has 248 valence electrons. The smallest absolute Gasteiger partial charge is 0.247 e. The van der Waals surface area contributed by atoms with E-state index in [0.29, 0.717) is 12.0 Å². The fourth-order valence-corrected chi connectivity index (χ4v) is 6.96. The highest BCUT2D eigenvalue weighted by Gasteiger charge is 2.25. The number of hydrogen-bond donors (Lipinski definition) is 1. The van der Waals surface area contributed by atoms with Gasteiger partial charge < -0.3 is 0 Å². The van der Waals surface area contributed by atoms with E-state index in [4.69, 9.17) is 0 Å². The lowest BCUT2D eigenvalue weighted by Gasteiger charge is -2.17. The Morgan fingerprint density at radius 1 is 0.452 bits per heavy atom. The Morgan fingerprint density at radius 3 is 1.12 bits per heavy atom. The summed E-state index contributed by atoms with van der Waals surface area (Å²) in [6.45, 7) is 9.41. The summed E-state index contributed by atoms with van der Waals surface area (Å²) in [5.41, 5.74) is 0. The number of nitrogens with one attached hydrogen (secondary N) is 1. The molecule has 2 unspecified atom stereocenters. The Labute approximate surface area is 266 Å². The molecule has 1 heterocycles. The van der Waals surface area contributed by atoms with Gasteiger partial charge in [0.15, 0.2) is 0 Å². The maximum atomic E-state index is 3.73. The molecule has 42 heavy (non-hydrogen) atoms. The summed E-state index contributed by atoms with van der Waals surface area (Å²) in [6, 6.07) is 0.620. The van der Waals surface area contributed by atoms with Gasteiger partial charge in [-0.15, -0.1) is 0 Å². The molecule has 0 aromatic carbocycles. The molecule has 2 nitrogen and oxygen atoms in total. The predicted octanol–water partition coefficient (Wildman–Crippen LogP) is 14.1. The van der Waals surface area contributed by atoms with Crippen molar-refractivity contribution in [3.8, 4) is 0 Å². The van der Waals surface area contributed by atoms with Gasteiger partial charge in [-0.2, -0.15) is 0 Å². The molecule has 1 aromatic rings. The molecule has 0 radical (unpaired) electrons. The number of aromatic nitrogens is 2. The fraction of sp³-hybridized carbons (Fsp3) is 0.925. The van der Waals surface area contributed by atoms with Crippen LogP contribution in [-0.2, 0) is 0 Å². The normalized spacial score (nSPS) is 13.1. The molecule has 0 amide bonds. The zero-order valence-corrected chi connectivity index (χ0v) is 29.7. The molecule has 0 bridgehead atoms. The Balaban J connectivity index is 2.31. The third-order valence-electron chi connectivity index (χ3n) is 9.89. The van der Waals surface area contributed by atoms with Crippen molar-refractivity contribution in [2.24, 2.45) is 0 Å². The van der Waals surface area contributed by atoms with Gasteiger partial charge in [-0.25, -0.2) is 9.55 Å². The van der Waals surface area contributed by atoms with Crippen molar-refractivity contribution in [2.45, 2.75) is 239 Å². The van der Waals surface area contributed by atoms with Gasteiger partial charge in [0.05, 0.1) is 12.0 Å². The predicted molar refractivity (Wildman–Crippen MR) is 189 cm³/mol. The lowest BCUT2D eigenvalue weighted by atomic mass is 9.93. The van der Waals surface area contributed by atoms with Crippen molar-refractivity contribution < 1.29 is 4.57 Å². The van der Waals surface area contributed by atoms with Gasteiger partial charge in [0.2, 0.25) is 0 Å². The summed E-state index contributed by atoms with van der Waals surface area (Å²) in [7, 11) is 0. The van der Waals surface area contributed by atoms with Crippen molar-refractivity contribution in [3.63, 3.8) is 0 Å². The summed E-state index contributed by atoms with van der Waals surface area (Å²) in [6.07, 6.45) is 48.7. The third-order valence-corrected chi connectivity index (χ3v) is 9.89. The molecular formula is C40H79N2+. The quantitative estimate of drug-likeness (QED) is 0.0623. The van der Waals surface area contributed by atoms with Crippen molar-refractivity contribution in [1.29, 1.82) is 0 Å². The number of unbranched alkanes of at least 4 members (excludes halogenated alkanes) is 25. The summed E-state index contributed by atoms with van der Waals surface area (Å²) < 4.78 is 2.63. The van der Waals surface area contributed by atoms with Crippen LogP contribution in [0.15, 0.2) is 12.4 Å². The average molecular weight is 588 g/mol. The van der Waals surface area contributed by atoms with Gasteiger partial charge in [0, 0.05) is 0 Å². The third kappa shape index (κ3) is 21.8. The first kappa shape index (κ1) is 39.2. The highest BCUT2D eigenvalue weighted by atomic mass is 15.1. The average Bonchev–Trinajstić information content (AvgIpc) is 3.49. The summed E-state index contributed by atoms with van der Waals surface area (Å²) in [5, 5.41) is 0. The maximum absolute atomic E-state index is 3.73. The van der Waals surface area contributed by atoms with E-state index in [9.17, 15) is 0 Å². The SMILES string of the molecule is CCCCCCCCCCCCCCCCCC(CCCCCCC)c1[nH]cc[n+]1C(C)CCCCCCCCCC. The summed E-state index contributed by atoms with van der Waals surface area (Å²) >= 11 is 0. The first-order valence-electron chi connectivity index (χ1n) is 19.8. The van der Waals surface area contributed by atoms with Crippen LogP contribution in [0.3, 0.4) is 0 Å². The molecule has 1 rings (SSSR count). The summed E-state index contributed by atoms with van der Waals surface area (Å²) in [4.78, 5) is 3.73. The molecule has 0 aliphatic heterocycles. The van der Waals surface area contributed by atoms with E-state index in [-0.39, 0.29) is 0 Å². The molecule has 0 saturated heterocycles. The lowest BCUT2D eigenvalue weighted by Crippen LogP contribution is -2.41. The first-order chi connectivity index (χ1) is 20.7. The van der Waals surface area contributed by atoms with E-state index >= 15 is 0 Å². The molecule has 0 aliphatic rings. The molecule has 0 aliphatic carbocycles. The molecule has 0 saturated carbocycles. The van der Waals surface area contributed by atoms with Gasteiger partial charge in [-0.1, -0.05) is 194 Å². The summed E-state index contributed by atoms with van der Waals surface area (Å²) in [5.74, 6) is 2.24. The van der Waals surface area contributed by atoms with E-state index in [0.717, 1.165) is 0 Å². The molecule has 2 atom stereocenters. The van der Waals surface area contributed by atoms with Crippen LogP contribution in [0.1, 0.15) is 245 Å². The second-order valence-electron chi connectivity index (χ2n) is 14.0. The van der Waals surface area contributed by atoms with Crippen LogP contribution in [0.2, 0.25) is 0 Å². The number of H-pyrrole nitrogens is 1. The lowest BCUT2D eigenvalue weighted by molar-refractivity contribution is -0.727. The van der Waals surface area contributed by atoms with E-state index in [1.165, 1.54) is 205 Å². The van der Waals surface area contributed by atoms with Crippen molar-refractivity contribution in [1.82, 2.24) is 4.98 Å². The zero-order valence-electron chi connectivity index (χ0n) is 29.7. The number of rotatable bonds is 33. The molecule has 0 spiro atoms. The molecule has 2 heteroatoms. The molecule has 0 fully saturated rings. The van der Waals surface area contributed by atoms with Gasteiger partial charge in [-0.3, -0.25) is 0 Å². The van der Waals surface area contributed by atoms with Gasteiger partial charge in [0.1, 0.15) is 12.4 Å². The topological polar surface area (TPSA) is 19.7 Å². The number of aromatic amines is 1. The highest BCUT2D eigenvalue weighted by Crippen LogP contribution is 2.27. The van der Waals surface area contributed by atoms with Gasteiger partial charge in [-0.05, 0) is 32.6 Å². The Bertz CT molecular complexity index is 650. The largest absolute Gasteiger partial charge is 0.257 e. The van der Waals surface area contributed by atoms with E-state index in [1.807, 2.05) is 0 Å². The van der Waals surface area contributed by atoms with Crippen molar-refractivity contribution in [3.05, 3.63) is 18.2 Å². The van der Waals surface area contributed by atoms with Gasteiger partial charge in [0.25, 0.3) is 5.82 Å². The van der Waals surface area contributed by atoms with Crippen LogP contribution >= 0.6 is 0 Å². The number of nitrogens with zero attached hydrogens (tertiary/aromatic N) is 1. The monoisotopic (exact) mass is 588 g/mol.